The number of aromatic nitrogens is 5. The molecule has 1 aliphatic rings. The average Bonchev–Trinajstić information content (AvgIpc) is 3.18. The standard InChI is InChI=1S/C17H18N6O3/c1-3-10-6-20-23-9-14(11-7-19-22(2)8-11)21-16(15(10)23)25-12-4-13(5-12)26-17(18)24/h3,6-9,12-13H,1,4-5H2,2H3,(H2,18,24). The Morgan fingerprint density at radius 1 is 1.31 bits per heavy atom. The number of amides is 1. The van der Waals surface area contributed by atoms with E-state index < -0.39 is 6.09 Å². The molecule has 1 saturated carbocycles. The molecule has 0 atom stereocenters. The van der Waals surface area contributed by atoms with E-state index in [0.717, 1.165) is 16.6 Å². The quantitative estimate of drug-likeness (QED) is 0.748. The van der Waals surface area contributed by atoms with Gasteiger partial charge in [0.2, 0.25) is 5.88 Å². The molecule has 0 bridgehead atoms. The van der Waals surface area contributed by atoms with E-state index in [-0.39, 0.29) is 12.2 Å². The van der Waals surface area contributed by atoms with Crippen LogP contribution >= 0.6 is 0 Å². The molecule has 0 spiro atoms. The van der Waals surface area contributed by atoms with Gasteiger partial charge in [-0.2, -0.15) is 10.2 Å². The summed E-state index contributed by atoms with van der Waals surface area (Å²) >= 11 is 0. The number of rotatable bonds is 5. The minimum absolute atomic E-state index is 0.104. The van der Waals surface area contributed by atoms with Crippen molar-refractivity contribution in [2.45, 2.75) is 25.0 Å². The molecule has 0 aromatic carbocycles. The van der Waals surface area contributed by atoms with Crippen molar-refractivity contribution >= 4 is 17.7 Å². The van der Waals surface area contributed by atoms with Crippen LogP contribution < -0.4 is 10.5 Å². The van der Waals surface area contributed by atoms with Crippen molar-refractivity contribution in [1.29, 1.82) is 0 Å². The first kappa shape index (κ1) is 16.1. The van der Waals surface area contributed by atoms with Gasteiger partial charge in [-0.25, -0.2) is 14.3 Å². The lowest BCUT2D eigenvalue weighted by atomic mass is 9.92. The third-order valence-corrected chi connectivity index (χ3v) is 4.33. The van der Waals surface area contributed by atoms with E-state index in [9.17, 15) is 4.79 Å². The third kappa shape index (κ3) is 2.87. The highest BCUT2D eigenvalue weighted by molar-refractivity contribution is 5.74. The molecule has 0 radical (unpaired) electrons. The van der Waals surface area contributed by atoms with Crippen LogP contribution in [0.25, 0.3) is 22.9 Å². The lowest BCUT2D eigenvalue weighted by molar-refractivity contribution is -0.0209. The summed E-state index contributed by atoms with van der Waals surface area (Å²) in [5, 5.41) is 8.54. The molecule has 0 saturated heterocycles. The Kier molecular flexibility index (Phi) is 3.83. The highest BCUT2D eigenvalue weighted by atomic mass is 16.6. The van der Waals surface area contributed by atoms with Gasteiger partial charge in [-0.1, -0.05) is 12.7 Å². The summed E-state index contributed by atoms with van der Waals surface area (Å²) in [6, 6.07) is 0. The van der Waals surface area contributed by atoms with Crippen LogP contribution in [0, 0.1) is 0 Å². The minimum atomic E-state index is -0.766. The molecule has 1 amide bonds. The minimum Gasteiger partial charge on any atom is -0.472 e. The first-order valence-corrected chi connectivity index (χ1v) is 8.16. The number of aryl methyl sites for hydroxylation is 1. The lowest BCUT2D eigenvalue weighted by Gasteiger charge is -2.33. The van der Waals surface area contributed by atoms with Crippen molar-refractivity contribution in [1.82, 2.24) is 24.4 Å². The molecular formula is C17H18N6O3. The second-order valence-electron chi connectivity index (χ2n) is 6.20. The van der Waals surface area contributed by atoms with Gasteiger partial charge in [-0.3, -0.25) is 4.68 Å². The molecular weight excluding hydrogens is 336 g/mol. The average molecular weight is 354 g/mol. The molecule has 3 aromatic rings. The summed E-state index contributed by atoms with van der Waals surface area (Å²) < 4.78 is 14.5. The predicted octanol–water partition coefficient (Wildman–Crippen LogP) is 1.78. The van der Waals surface area contributed by atoms with Crippen LogP contribution in [0.2, 0.25) is 0 Å². The molecule has 134 valence electrons. The zero-order valence-electron chi connectivity index (χ0n) is 14.2. The Morgan fingerprint density at radius 2 is 2.12 bits per heavy atom. The molecule has 9 heteroatoms. The monoisotopic (exact) mass is 354 g/mol. The molecule has 0 unspecified atom stereocenters. The Balaban J connectivity index is 1.66. The zero-order valence-corrected chi connectivity index (χ0v) is 14.2. The molecule has 26 heavy (non-hydrogen) atoms. The van der Waals surface area contributed by atoms with Gasteiger partial charge < -0.3 is 15.2 Å². The fraction of sp³-hybridized carbons (Fsp3) is 0.294. The Morgan fingerprint density at radius 3 is 2.77 bits per heavy atom. The van der Waals surface area contributed by atoms with Crippen LogP contribution in [-0.4, -0.2) is 42.7 Å². The van der Waals surface area contributed by atoms with Crippen LogP contribution in [0.15, 0.2) is 31.4 Å². The molecule has 2 N–H and O–H groups in total. The number of ether oxygens (including phenoxy) is 2. The van der Waals surface area contributed by atoms with Gasteiger partial charge in [-0.15, -0.1) is 0 Å². The van der Waals surface area contributed by atoms with Crippen LogP contribution in [0.4, 0.5) is 4.79 Å². The number of carbonyl (C=O) groups is 1. The SMILES string of the molecule is C=Cc1cnn2cc(-c3cnn(C)c3)nc(OC3CC(OC(N)=O)C3)c12. The molecule has 1 fully saturated rings. The maximum Gasteiger partial charge on any atom is 0.404 e. The molecule has 9 nitrogen and oxygen atoms in total. The van der Waals surface area contributed by atoms with E-state index in [1.54, 1.807) is 27.7 Å². The fourth-order valence-corrected chi connectivity index (χ4v) is 2.96. The smallest absolute Gasteiger partial charge is 0.404 e. The van der Waals surface area contributed by atoms with E-state index in [0.29, 0.717) is 24.4 Å². The first-order chi connectivity index (χ1) is 12.5. The van der Waals surface area contributed by atoms with Crippen LogP contribution in [0.1, 0.15) is 18.4 Å². The zero-order chi connectivity index (χ0) is 18.3. The van der Waals surface area contributed by atoms with E-state index in [1.807, 2.05) is 19.4 Å². The number of carbonyl (C=O) groups excluding carboxylic acids is 1. The molecule has 1 aliphatic carbocycles. The van der Waals surface area contributed by atoms with Crippen molar-refractivity contribution in [3.05, 3.63) is 36.9 Å². The van der Waals surface area contributed by atoms with Gasteiger partial charge in [0.1, 0.15) is 17.7 Å². The Bertz CT molecular complexity index is 986. The van der Waals surface area contributed by atoms with Crippen LogP contribution in [-0.2, 0) is 11.8 Å². The van der Waals surface area contributed by atoms with E-state index in [2.05, 4.69) is 21.8 Å². The van der Waals surface area contributed by atoms with Crippen molar-refractivity contribution in [2.24, 2.45) is 12.8 Å². The number of hydrogen-bond donors (Lipinski definition) is 1. The summed E-state index contributed by atoms with van der Waals surface area (Å²) in [5.74, 6) is 0.460. The van der Waals surface area contributed by atoms with Gasteiger partial charge in [0, 0.05) is 37.2 Å². The van der Waals surface area contributed by atoms with E-state index in [1.165, 1.54) is 0 Å². The van der Waals surface area contributed by atoms with Crippen molar-refractivity contribution in [2.75, 3.05) is 0 Å². The molecule has 3 heterocycles. The molecule has 3 aromatic heterocycles. The Labute approximate surface area is 149 Å². The Hall–Kier alpha value is -3.36. The topological polar surface area (TPSA) is 110 Å². The maximum absolute atomic E-state index is 10.8. The van der Waals surface area contributed by atoms with Gasteiger partial charge in [-0.05, 0) is 0 Å². The van der Waals surface area contributed by atoms with Crippen molar-refractivity contribution in [3.63, 3.8) is 0 Å². The summed E-state index contributed by atoms with van der Waals surface area (Å²) in [6.45, 7) is 3.81. The summed E-state index contributed by atoms with van der Waals surface area (Å²) in [5.41, 5.74) is 8.17. The fourth-order valence-electron chi connectivity index (χ4n) is 2.96. The van der Waals surface area contributed by atoms with Gasteiger partial charge >= 0.3 is 6.09 Å². The summed E-state index contributed by atoms with van der Waals surface area (Å²) in [7, 11) is 1.84. The second-order valence-corrected chi connectivity index (χ2v) is 6.20. The van der Waals surface area contributed by atoms with E-state index >= 15 is 0 Å². The largest absolute Gasteiger partial charge is 0.472 e. The van der Waals surface area contributed by atoms with Crippen molar-refractivity contribution < 1.29 is 14.3 Å². The van der Waals surface area contributed by atoms with E-state index in [4.69, 9.17) is 15.2 Å². The number of primary amides is 1. The highest BCUT2D eigenvalue weighted by Gasteiger charge is 2.34. The number of nitrogens with two attached hydrogens (primary N) is 1. The predicted molar refractivity (Wildman–Crippen MR) is 93.4 cm³/mol. The second kappa shape index (κ2) is 6.17. The van der Waals surface area contributed by atoms with Gasteiger partial charge in [0.25, 0.3) is 0 Å². The number of hydrogen-bond acceptors (Lipinski definition) is 6. The number of fused-ring (bicyclic) bond motifs is 1. The molecule has 0 aliphatic heterocycles. The maximum atomic E-state index is 10.8. The molecule has 4 rings (SSSR count). The third-order valence-electron chi connectivity index (χ3n) is 4.33. The summed E-state index contributed by atoms with van der Waals surface area (Å²) in [6.07, 6.45) is 8.92. The van der Waals surface area contributed by atoms with Crippen molar-refractivity contribution in [3.8, 4) is 17.1 Å². The van der Waals surface area contributed by atoms with Crippen LogP contribution in [0.5, 0.6) is 5.88 Å². The normalized spacial score (nSPS) is 19.1. The number of nitrogens with zero attached hydrogens (tertiary/aromatic N) is 5. The van der Waals surface area contributed by atoms with Crippen LogP contribution in [0.3, 0.4) is 0 Å². The highest BCUT2D eigenvalue weighted by Crippen LogP contribution is 2.32. The first-order valence-electron chi connectivity index (χ1n) is 8.16. The van der Waals surface area contributed by atoms with Gasteiger partial charge in [0.15, 0.2) is 0 Å². The summed E-state index contributed by atoms with van der Waals surface area (Å²) in [4.78, 5) is 15.5. The lowest BCUT2D eigenvalue weighted by Crippen LogP contribution is -2.41. The van der Waals surface area contributed by atoms with Gasteiger partial charge in [0.05, 0.1) is 24.3 Å².